The van der Waals surface area contributed by atoms with Gasteiger partial charge >= 0.3 is 5.69 Å². The predicted molar refractivity (Wildman–Crippen MR) is 107 cm³/mol. The normalized spacial score (nSPS) is 20.4. The number of imidazole rings is 1. The van der Waals surface area contributed by atoms with Gasteiger partial charge in [0.05, 0.1) is 17.1 Å². The van der Waals surface area contributed by atoms with Crippen molar-refractivity contribution in [2.24, 2.45) is 7.05 Å². The van der Waals surface area contributed by atoms with Crippen LogP contribution in [-0.2, 0) is 21.4 Å². The molecule has 3 heterocycles. The van der Waals surface area contributed by atoms with Gasteiger partial charge in [-0.15, -0.1) is 0 Å². The molecule has 2 fully saturated rings. The highest BCUT2D eigenvalue weighted by molar-refractivity contribution is 6.00. The third kappa shape index (κ3) is 3.97. The SMILES string of the molecule is Cn1c(=O)n(C2CCC(=O)NC2=O)c2ccc(C#CCOC3CCNCC3)cc21. The molecule has 1 unspecified atom stereocenters. The molecule has 152 valence electrons. The summed E-state index contributed by atoms with van der Waals surface area (Å²) in [6, 6.07) is 4.80. The van der Waals surface area contributed by atoms with E-state index in [1.807, 2.05) is 12.1 Å². The number of aromatic nitrogens is 2. The minimum absolute atomic E-state index is 0.222. The van der Waals surface area contributed by atoms with Gasteiger partial charge < -0.3 is 10.1 Å². The van der Waals surface area contributed by atoms with Gasteiger partial charge in [-0.1, -0.05) is 11.8 Å². The second kappa shape index (κ2) is 8.23. The van der Waals surface area contributed by atoms with Crippen molar-refractivity contribution >= 4 is 22.8 Å². The van der Waals surface area contributed by atoms with Crippen molar-refractivity contribution in [1.82, 2.24) is 19.8 Å². The van der Waals surface area contributed by atoms with E-state index < -0.39 is 11.9 Å². The first kappa shape index (κ1) is 19.4. The van der Waals surface area contributed by atoms with Crippen molar-refractivity contribution < 1.29 is 14.3 Å². The van der Waals surface area contributed by atoms with E-state index in [0.717, 1.165) is 31.5 Å². The molecule has 29 heavy (non-hydrogen) atoms. The first-order chi connectivity index (χ1) is 14.0. The van der Waals surface area contributed by atoms with Crippen molar-refractivity contribution in [1.29, 1.82) is 0 Å². The lowest BCUT2D eigenvalue weighted by Crippen LogP contribution is -2.44. The highest BCUT2D eigenvalue weighted by Crippen LogP contribution is 2.23. The van der Waals surface area contributed by atoms with E-state index >= 15 is 0 Å². The monoisotopic (exact) mass is 396 g/mol. The molecule has 2 aliphatic heterocycles. The van der Waals surface area contributed by atoms with E-state index in [4.69, 9.17) is 4.74 Å². The molecule has 1 atom stereocenters. The van der Waals surface area contributed by atoms with E-state index in [1.54, 1.807) is 13.1 Å². The standard InChI is InChI=1S/C21H24N4O4/c1-24-18-13-14(3-2-12-29-15-8-10-22-11-9-15)4-5-16(18)25(21(24)28)17-6-7-19(26)23-20(17)27/h4-5,13,15,17,22H,6-12H2,1H3,(H,23,26,27). The average Bonchev–Trinajstić information content (AvgIpc) is 2.97. The number of hydrogen-bond acceptors (Lipinski definition) is 5. The molecule has 2 amide bonds. The van der Waals surface area contributed by atoms with Crippen LogP contribution >= 0.6 is 0 Å². The molecule has 0 saturated carbocycles. The lowest BCUT2D eigenvalue weighted by molar-refractivity contribution is -0.135. The number of ether oxygens (including phenoxy) is 1. The van der Waals surface area contributed by atoms with Crippen LogP contribution in [0.4, 0.5) is 0 Å². The third-order valence-corrected chi connectivity index (χ3v) is 5.52. The topological polar surface area (TPSA) is 94.4 Å². The summed E-state index contributed by atoms with van der Waals surface area (Å²) in [6.45, 7) is 2.33. The molecule has 0 bridgehead atoms. The molecule has 2 aromatic rings. The quantitative estimate of drug-likeness (QED) is 0.580. The summed E-state index contributed by atoms with van der Waals surface area (Å²) in [5, 5.41) is 5.62. The minimum Gasteiger partial charge on any atom is -0.365 e. The zero-order chi connectivity index (χ0) is 20.4. The second-order valence-electron chi connectivity index (χ2n) is 7.44. The Morgan fingerprint density at radius 3 is 2.69 bits per heavy atom. The highest BCUT2D eigenvalue weighted by Gasteiger charge is 2.31. The number of nitrogens with zero attached hydrogens (tertiary/aromatic N) is 2. The Labute approximate surface area is 168 Å². The van der Waals surface area contributed by atoms with Crippen LogP contribution < -0.4 is 16.3 Å². The molecule has 0 spiro atoms. The number of imide groups is 1. The maximum atomic E-state index is 12.8. The summed E-state index contributed by atoms with van der Waals surface area (Å²) >= 11 is 0. The molecule has 4 rings (SSSR count). The van der Waals surface area contributed by atoms with Crippen molar-refractivity contribution in [3.63, 3.8) is 0 Å². The number of fused-ring (bicyclic) bond motifs is 1. The Balaban J connectivity index is 1.55. The Morgan fingerprint density at radius 1 is 1.14 bits per heavy atom. The number of carbonyl (C=O) groups is 2. The van der Waals surface area contributed by atoms with Gasteiger partial charge in [-0.05, 0) is 50.6 Å². The number of rotatable bonds is 3. The molecule has 0 radical (unpaired) electrons. The molecular formula is C21H24N4O4. The molecule has 1 aromatic heterocycles. The van der Waals surface area contributed by atoms with Gasteiger partial charge in [0, 0.05) is 19.0 Å². The predicted octanol–water partition coefficient (Wildman–Crippen LogP) is 0.438. The largest absolute Gasteiger partial charge is 0.365 e. The zero-order valence-corrected chi connectivity index (χ0v) is 16.4. The number of nitrogens with one attached hydrogen (secondary N) is 2. The summed E-state index contributed by atoms with van der Waals surface area (Å²) in [4.78, 5) is 36.4. The molecule has 1 aromatic carbocycles. The summed E-state index contributed by atoms with van der Waals surface area (Å²) in [5.74, 6) is 5.39. The first-order valence-electron chi connectivity index (χ1n) is 9.90. The number of carbonyl (C=O) groups excluding carboxylic acids is 2. The Hall–Kier alpha value is -2.89. The number of hydrogen-bond donors (Lipinski definition) is 2. The molecular weight excluding hydrogens is 372 g/mol. The summed E-state index contributed by atoms with van der Waals surface area (Å²) in [7, 11) is 1.67. The van der Waals surface area contributed by atoms with Crippen LogP contribution in [0.15, 0.2) is 23.0 Å². The zero-order valence-electron chi connectivity index (χ0n) is 16.4. The van der Waals surface area contributed by atoms with Crippen LogP contribution in [0.2, 0.25) is 0 Å². The van der Waals surface area contributed by atoms with Crippen LogP contribution in [0.1, 0.15) is 37.3 Å². The smallest absolute Gasteiger partial charge is 0.329 e. The first-order valence-corrected chi connectivity index (χ1v) is 9.90. The lowest BCUT2D eigenvalue weighted by atomic mass is 10.1. The number of amides is 2. The van der Waals surface area contributed by atoms with E-state index in [2.05, 4.69) is 22.5 Å². The lowest BCUT2D eigenvalue weighted by Gasteiger charge is -2.21. The molecule has 8 nitrogen and oxygen atoms in total. The molecule has 2 aliphatic rings. The summed E-state index contributed by atoms with van der Waals surface area (Å²) in [5.41, 5.74) is 1.85. The van der Waals surface area contributed by atoms with Crippen LogP contribution in [0.5, 0.6) is 0 Å². The van der Waals surface area contributed by atoms with Crippen LogP contribution in [-0.4, -0.2) is 46.7 Å². The average molecular weight is 396 g/mol. The second-order valence-corrected chi connectivity index (χ2v) is 7.44. The maximum Gasteiger partial charge on any atom is 0.329 e. The van der Waals surface area contributed by atoms with Gasteiger partial charge in [0.1, 0.15) is 12.6 Å². The minimum atomic E-state index is -0.681. The van der Waals surface area contributed by atoms with Gasteiger partial charge in [0.15, 0.2) is 0 Å². The van der Waals surface area contributed by atoms with Crippen molar-refractivity contribution in [2.45, 2.75) is 37.8 Å². The van der Waals surface area contributed by atoms with Gasteiger partial charge in [-0.3, -0.25) is 24.0 Å². The van der Waals surface area contributed by atoms with E-state index in [-0.39, 0.29) is 24.1 Å². The van der Waals surface area contributed by atoms with E-state index in [0.29, 0.717) is 24.1 Å². The number of piperidine rings is 2. The molecule has 2 N–H and O–H groups in total. The van der Waals surface area contributed by atoms with Gasteiger partial charge in [0.25, 0.3) is 0 Å². The number of aryl methyl sites for hydroxylation is 1. The fraction of sp³-hybridized carbons (Fsp3) is 0.476. The number of benzene rings is 1. The van der Waals surface area contributed by atoms with Crippen molar-refractivity contribution in [3.8, 4) is 11.8 Å². The van der Waals surface area contributed by atoms with Crippen molar-refractivity contribution in [3.05, 3.63) is 34.2 Å². The molecule has 0 aliphatic carbocycles. The molecule has 2 saturated heterocycles. The van der Waals surface area contributed by atoms with Crippen LogP contribution in [0, 0.1) is 11.8 Å². The van der Waals surface area contributed by atoms with E-state index in [9.17, 15) is 14.4 Å². The van der Waals surface area contributed by atoms with Gasteiger partial charge in [0.2, 0.25) is 11.8 Å². The highest BCUT2D eigenvalue weighted by atomic mass is 16.5. The van der Waals surface area contributed by atoms with Crippen LogP contribution in [0.25, 0.3) is 11.0 Å². The fourth-order valence-electron chi connectivity index (χ4n) is 3.93. The van der Waals surface area contributed by atoms with E-state index in [1.165, 1.54) is 9.13 Å². The van der Waals surface area contributed by atoms with Gasteiger partial charge in [-0.25, -0.2) is 4.79 Å². The van der Waals surface area contributed by atoms with Gasteiger partial charge in [-0.2, -0.15) is 0 Å². The summed E-state index contributed by atoms with van der Waals surface area (Å²) < 4.78 is 8.77. The maximum absolute atomic E-state index is 12.8. The van der Waals surface area contributed by atoms with Crippen LogP contribution in [0.3, 0.4) is 0 Å². The molecule has 8 heteroatoms. The Morgan fingerprint density at radius 2 is 1.93 bits per heavy atom. The fourth-order valence-corrected chi connectivity index (χ4v) is 3.93. The third-order valence-electron chi connectivity index (χ3n) is 5.52. The van der Waals surface area contributed by atoms with Crippen molar-refractivity contribution in [2.75, 3.05) is 19.7 Å². The Bertz CT molecular complexity index is 1070. The Kier molecular flexibility index (Phi) is 5.51. The summed E-state index contributed by atoms with van der Waals surface area (Å²) in [6.07, 6.45) is 2.81.